The van der Waals surface area contributed by atoms with Gasteiger partial charge in [-0.1, -0.05) is 11.6 Å². The lowest BCUT2D eigenvalue weighted by Crippen LogP contribution is -2.12. The third-order valence-electron chi connectivity index (χ3n) is 2.90. The van der Waals surface area contributed by atoms with Gasteiger partial charge in [0.2, 0.25) is 0 Å². The molecule has 5 heteroatoms. The van der Waals surface area contributed by atoms with Crippen LogP contribution in [0.1, 0.15) is 10.4 Å². The van der Waals surface area contributed by atoms with Crippen molar-refractivity contribution in [3.05, 3.63) is 53.1 Å². The van der Waals surface area contributed by atoms with Gasteiger partial charge in [-0.15, -0.1) is 0 Å². The smallest absolute Gasteiger partial charge is 0.255 e. The van der Waals surface area contributed by atoms with E-state index < -0.39 is 0 Å². The Morgan fingerprint density at radius 3 is 2.35 bits per heavy atom. The molecular formula is C15H16ClN3O. The van der Waals surface area contributed by atoms with Gasteiger partial charge in [0.25, 0.3) is 5.91 Å². The van der Waals surface area contributed by atoms with Crippen LogP contribution in [-0.2, 0) is 0 Å². The number of rotatable bonds is 3. The fourth-order valence-electron chi connectivity index (χ4n) is 1.71. The van der Waals surface area contributed by atoms with Gasteiger partial charge >= 0.3 is 0 Å². The first kappa shape index (κ1) is 14.2. The van der Waals surface area contributed by atoms with Gasteiger partial charge in [0, 0.05) is 31.0 Å². The summed E-state index contributed by atoms with van der Waals surface area (Å²) in [6.07, 6.45) is 0. The van der Waals surface area contributed by atoms with Crippen molar-refractivity contribution in [3.8, 4) is 0 Å². The SMILES string of the molecule is CN(C)c1ccc(NC(=O)c2ccc(N)c(Cl)c2)cc1. The molecule has 0 aliphatic carbocycles. The van der Waals surface area contributed by atoms with Crippen LogP contribution in [0, 0.1) is 0 Å². The minimum atomic E-state index is -0.218. The number of nitrogen functional groups attached to an aromatic ring is 1. The highest BCUT2D eigenvalue weighted by atomic mass is 35.5. The Morgan fingerprint density at radius 1 is 1.15 bits per heavy atom. The predicted octanol–water partition coefficient (Wildman–Crippen LogP) is 3.24. The molecular weight excluding hydrogens is 274 g/mol. The number of carbonyl (C=O) groups is 1. The summed E-state index contributed by atoms with van der Waals surface area (Å²) >= 11 is 5.91. The summed E-state index contributed by atoms with van der Waals surface area (Å²) in [6, 6.07) is 12.4. The van der Waals surface area contributed by atoms with E-state index in [2.05, 4.69) is 5.32 Å². The fourth-order valence-corrected chi connectivity index (χ4v) is 1.90. The van der Waals surface area contributed by atoms with Gasteiger partial charge < -0.3 is 16.0 Å². The number of nitrogens with zero attached hydrogens (tertiary/aromatic N) is 1. The molecule has 4 nitrogen and oxygen atoms in total. The molecule has 0 unspecified atom stereocenters. The molecule has 2 aromatic carbocycles. The Hall–Kier alpha value is -2.20. The van der Waals surface area contributed by atoms with E-state index >= 15 is 0 Å². The number of hydrogen-bond acceptors (Lipinski definition) is 3. The average molecular weight is 290 g/mol. The molecule has 0 aliphatic heterocycles. The quantitative estimate of drug-likeness (QED) is 0.853. The van der Waals surface area contributed by atoms with Crippen molar-refractivity contribution in [2.24, 2.45) is 0 Å². The summed E-state index contributed by atoms with van der Waals surface area (Å²) in [5.41, 5.74) is 8.35. The molecule has 0 bridgehead atoms. The second-order valence-electron chi connectivity index (χ2n) is 4.63. The van der Waals surface area contributed by atoms with Crippen molar-refractivity contribution in [1.82, 2.24) is 0 Å². The molecule has 0 atom stereocenters. The van der Waals surface area contributed by atoms with Gasteiger partial charge in [0.1, 0.15) is 0 Å². The van der Waals surface area contributed by atoms with E-state index in [1.165, 1.54) is 0 Å². The summed E-state index contributed by atoms with van der Waals surface area (Å²) < 4.78 is 0. The number of carbonyl (C=O) groups excluding carboxylic acids is 1. The maximum absolute atomic E-state index is 12.1. The van der Waals surface area contributed by atoms with E-state index in [0.717, 1.165) is 11.4 Å². The highest BCUT2D eigenvalue weighted by Gasteiger charge is 2.08. The Balaban J connectivity index is 2.12. The molecule has 2 aromatic rings. The second-order valence-corrected chi connectivity index (χ2v) is 5.04. The minimum Gasteiger partial charge on any atom is -0.398 e. The van der Waals surface area contributed by atoms with Crippen molar-refractivity contribution >= 4 is 34.6 Å². The standard InChI is InChI=1S/C15H16ClN3O/c1-19(2)12-6-4-11(5-7-12)18-15(20)10-3-8-14(17)13(16)9-10/h3-9H,17H2,1-2H3,(H,18,20). The van der Waals surface area contributed by atoms with Gasteiger partial charge in [-0.3, -0.25) is 4.79 Å². The fraction of sp³-hybridized carbons (Fsp3) is 0.133. The van der Waals surface area contributed by atoms with Crippen LogP contribution < -0.4 is 16.0 Å². The first-order chi connectivity index (χ1) is 9.47. The van der Waals surface area contributed by atoms with Crippen molar-refractivity contribution in [2.75, 3.05) is 30.0 Å². The molecule has 0 aromatic heterocycles. The number of anilines is 3. The number of benzene rings is 2. The van der Waals surface area contributed by atoms with Crippen LogP contribution in [-0.4, -0.2) is 20.0 Å². The van der Waals surface area contributed by atoms with E-state index in [0.29, 0.717) is 16.3 Å². The Bertz CT molecular complexity index is 624. The maximum Gasteiger partial charge on any atom is 0.255 e. The van der Waals surface area contributed by atoms with E-state index in [9.17, 15) is 4.79 Å². The van der Waals surface area contributed by atoms with Crippen LogP contribution in [0.4, 0.5) is 17.1 Å². The lowest BCUT2D eigenvalue weighted by atomic mass is 10.2. The number of halogens is 1. The topological polar surface area (TPSA) is 58.4 Å². The van der Waals surface area contributed by atoms with Crippen LogP contribution in [0.2, 0.25) is 5.02 Å². The number of amides is 1. The van der Waals surface area contributed by atoms with Crippen molar-refractivity contribution in [2.45, 2.75) is 0 Å². The average Bonchev–Trinajstić information content (AvgIpc) is 2.42. The van der Waals surface area contributed by atoms with Gasteiger partial charge in [-0.05, 0) is 42.5 Å². The molecule has 3 N–H and O–H groups in total. The summed E-state index contributed by atoms with van der Waals surface area (Å²) in [6.45, 7) is 0. The normalized spacial score (nSPS) is 10.2. The number of hydrogen-bond donors (Lipinski definition) is 2. The highest BCUT2D eigenvalue weighted by Crippen LogP contribution is 2.21. The van der Waals surface area contributed by atoms with Gasteiger partial charge in [0.15, 0.2) is 0 Å². The number of nitrogens with one attached hydrogen (secondary N) is 1. The van der Waals surface area contributed by atoms with E-state index in [1.54, 1.807) is 18.2 Å². The van der Waals surface area contributed by atoms with Crippen LogP contribution in [0.15, 0.2) is 42.5 Å². The zero-order valence-electron chi connectivity index (χ0n) is 11.4. The van der Waals surface area contributed by atoms with Gasteiger partial charge in [0.05, 0.1) is 10.7 Å². The van der Waals surface area contributed by atoms with E-state index in [4.69, 9.17) is 17.3 Å². The molecule has 0 heterocycles. The van der Waals surface area contributed by atoms with Crippen LogP contribution in [0.5, 0.6) is 0 Å². The van der Waals surface area contributed by atoms with Gasteiger partial charge in [-0.2, -0.15) is 0 Å². The van der Waals surface area contributed by atoms with Crippen LogP contribution in [0.25, 0.3) is 0 Å². The third kappa shape index (κ3) is 3.22. The van der Waals surface area contributed by atoms with E-state index in [1.807, 2.05) is 43.3 Å². The summed E-state index contributed by atoms with van der Waals surface area (Å²) in [4.78, 5) is 14.1. The summed E-state index contributed by atoms with van der Waals surface area (Å²) in [5.74, 6) is -0.218. The lowest BCUT2D eigenvalue weighted by Gasteiger charge is -2.13. The lowest BCUT2D eigenvalue weighted by molar-refractivity contribution is 0.102. The molecule has 1 amide bonds. The molecule has 104 valence electrons. The third-order valence-corrected chi connectivity index (χ3v) is 3.23. The minimum absolute atomic E-state index is 0.218. The van der Waals surface area contributed by atoms with Crippen molar-refractivity contribution in [1.29, 1.82) is 0 Å². The first-order valence-corrected chi connectivity index (χ1v) is 6.49. The van der Waals surface area contributed by atoms with Crippen molar-refractivity contribution < 1.29 is 4.79 Å². The van der Waals surface area contributed by atoms with Gasteiger partial charge in [-0.25, -0.2) is 0 Å². The summed E-state index contributed by atoms with van der Waals surface area (Å²) in [7, 11) is 3.92. The summed E-state index contributed by atoms with van der Waals surface area (Å²) in [5, 5.41) is 3.19. The first-order valence-electron chi connectivity index (χ1n) is 6.11. The predicted molar refractivity (Wildman–Crippen MR) is 84.6 cm³/mol. The molecule has 0 spiro atoms. The molecule has 0 radical (unpaired) electrons. The number of nitrogens with two attached hydrogens (primary N) is 1. The monoisotopic (exact) mass is 289 g/mol. The largest absolute Gasteiger partial charge is 0.398 e. The Labute approximate surface area is 123 Å². The Kier molecular flexibility index (Phi) is 4.15. The Morgan fingerprint density at radius 2 is 1.80 bits per heavy atom. The molecule has 0 saturated heterocycles. The molecule has 2 rings (SSSR count). The van der Waals surface area contributed by atoms with Crippen molar-refractivity contribution in [3.63, 3.8) is 0 Å². The molecule has 0 aliphatic rings. The van der Waals surface area contributed by atoms with E-state index in [-0.39, 0.29) is 5.91 Å². The highest BCUT2D eigenvalue weighted by molar-refractivity contribution is 6.33. The zero-order chi connectivity index (χ0) is 14.7. The maximum atomic E-state index is 12.1. The second kappa shape index (κ2) is 5.84. The molecule has 0 fully saturated rings. The van der Waals surface area contributed by atoms with Crippen LogP contribution >= 0.6 is 11.6 Å². The molecule has 0 saturated carbocycles. The molecule has 20 heavy (non-hydrogen) atoms. The zero-order valence-corrected chi connectivity index (χ0v) is 12.1. The van der Waals surface area contributed by atoms with Crippen LogP contribution in [0.3, 0.4) is 0 Å².